The van der Waals surface area contributed by atoms with Gasteiger partial charge in [-0.3, -0.25) is 0 Å². The highest BCUT2D eigenvalue weighted by Crippen LogP contribution is 2.33. The van der Waals surface area contributed by atoms with Crippen LogP contribution >= 0.6 is 0 Å². The third-order valence-corrected chi connectivity index (χ3v) is 6.65. The van der Waals surface area contributed by atoms with E-state index >= 15 is 0 Å². The van der Waals surface area contributed by atoms with Gasteiger partial charge in [-0.15, -0.1) is 0 Å². The highest BCUT2D eigenvalue weighted by atomic mass is 28.2. The lowest BCUT2D eigenvalue weighted by Gasteiger charge is -2.27. The molecule has 0 aromatic rings. The molecule has 0 aromatic heterocycles. The molecule has 0 fully saturated rings. The van der Waals surface area contributed by atoms with Gasteiger partial charge in [0.25, 0.3) is 0 Å². The summed E-state index contributed by atoms with van der Waals surface area (Å²) in [6, 6.07) is 0. The van der Waals surface area contributed by atoms with Crippen LogP contribution in [0, 0.1) is 11.8 Å². The van der Waals surface area contributed by atoms with Crippen LogP contribution in [0.1, 0.15) is 55.4 Å². The van der Waals surface area contributed by atoms with E-state index in [4.69, 9.17) is 8.85 Å². The van der Waals surface area contributed by atoms with Gasteiger partial charge >= 0.3 is 31.5 Å². The number of hydrogen-bond acceptors (Lipinski definition) is 4. The first-order chi connectivity index (χ1) is 8.90. The smallest absolute Gasteiger partial charge is 0.402 e. The average Bonchev–Trinajstić information content (AvgIpc) is 2.32. The van der Waals surface area contributed by atoms with Gasteiger partial charge in [0, 0.05) is 0 Å². The molecule has 6 heteroatoms. The van der Waals surface area contributed by atoms with Crippen LogP contribution in [-0.4, -0.2) is 31.5 Å². The number of rotatable bonds is 6. The Balaban J connectivity index is 4.28. The molecule has 0 atom stereocenters. The van der Waals surface area contributed by atoms with Crippen LogP contribution in [0.2, 0.25) is 10.1 Å². The van der Waals surface area contributed by atoms with Gasteiger partial charge in [0.2, 0.25) is 0 Å². The Labute approximate surface area is 127 Å². The van der Waals surface area contributed by atoms with Crippen LogP contribution in [0.15, 0.2) is 0 Å². The first-order valence-electron chi connectivity index (χ1n) is 6.86. The quantitative estimate of drug-likeness (QED) is 0.558. The van der Waals surface area contributed by atoms with Crippen LogP contribution < -0.4 is 0 Å². The predicted molar refractivity (Wildman–Crippen MR) is 81.5 cm³/mol. The van der Waals surface area contributed by atoms with E-state index in [-0.39, 0.29) is 29.6 Å². The van der Waals surface area contributed by atoms with E-state index in [2.05, 4.69) is 27.7 Å². The molecule has 0 aliphatic heterocycles. The van der Waals surface area contributed by atoms with Crippen LogP contribution in [0.5, 0.6) is 0 Å². The lowest BCUT2D eigenvalue weighted by molar-refractivity contribution is -0.156. The Bertz CT molecular complexity index is 315. The Morgan fingerprint density at radius 1 is 0.750 bits per heavy atom. The summed E-state index contributed by atoms with van der Waals surface area (Å²) in [7, 11) is -0.0970. The van der Waals surface area contributed by atoms with E-state index in [1.165, 1.54) is 0 Å². The molecule has 20 heavy (non-hydrogen) atoms. The first-order valence-corrected chi connectivity index (χ1v) is 8.68. The van der Waals surface area contributed by atoms with Crippen molar-refractivity contribution >= 4 is 31.5 Å². The summed E-state index contributed by atoms with van der Waals surface area (Å²) in [5.74, 6) is -1.04. The largest absolute Gasteiger partial charge is 0.508 e. The van der Waals surface area contributed by atoms with Crippen LogP contribution in [-0.2, 0) is 18.4 Å². The van der Waals surface area contributed by atoms with Gasteiger partial charge in [-0.2, -0.15) is 0 Å². The van der Waals surface area contributed by atoms with Crippen molar-refractivity contribution in [3.05, 3.63) is 0 Å². The molecule has 0 saturated heterocycles. The molecule has 0 unspecified atom stereocenters. The molecular weight excluding hydrogens is 288 g/mol. The SMILES string of the molecule is CC(C)C(C)(C)[Si]OC(=O)C(=O)O[Si]C(C)(C)C(C)C. The zero-order valence-electron chi connectivity index (χ0n) is 13.8. The van der Waals surface area contributed by atoms with Crippen molar-refractivity contribution in [1.82, 2.24) is 0 Å². The molecule has 0 saturated carbocycles. The Morgan fingerprint density at radius 2 is 1.00 bits per heavy atom. The monoisotopic (exact) mass is 314 g/mol. The summed E-state index contributed by atoms with van der Waals surface area (Å²) in [6.45, 7) is 16.3. The van der Waals surface area contributed by atoms with Gasteiger partial charge in [0.15, 0.2) is 0 Å². The normalized spacial score (nSPS) is 12.7. The van der Waals surface area contributed by atoms with Crippen molar-refractivity contribution in [3.63, 3.8) is 0 Å². The molecule has 0 aliphatic carbocycles. The second kappa shape index (κ2) is 7.40. The maximum atomic E-state index is 11.6. The average molecular weight is 315 g/mol. The number of carbonyl (C=O) groups excluding carboxylic acids is 2. The minimum absolute atomic E-state index is 0.0485. The molecule has 4 nitrogen and oxygen atoms in total. The van der Waals surface area contributed by atoms with E-state index in [9.17, 15) is 9.59 Å². The Hall–Kier alpha value is -0.626. The maximum Gasteiger partial charge on any atom is 0.402 e. The van der Waals surface area contributed by atoms with Crippen LogP contribution in [0.25, 0.3) is 0 Å². The van der Waals surface area contributed by atoms with Crippen molar-refractivity contribution in [2.45, 2.75) is 65.5 Å². The minimum atomic E-state index is -0.885. The highest BCUT2D eigenvalue weighted by Gasteiger charge is 2.32. The highest BCUT2D eigenvalue weighted by molar-refractivity contribution is 6.47. The van der Waals surface area contributed by atoms with Gasteiger partial charge in [-0.25, -0.2) is 9.59 Å². The minimum Gasteiger partial charge on any atom is -0.508 e. The van der Waals surface area contributed by atoms with E-state index in [0.717, 1.165) is 0 Å². The first kappa shape index (κ1) is 19.4. The molecule has 114 valence electrons. The zero-order valence-corrected chi connectivity index (χ0v) is 15.8. The summed E-state index contributed by atoms with van der Waals surface area (Å²) in [5, 5.41) is -0.259. The van der Waals surface area contributed by atoms with Gasteiger partial charge in [-0.05, 0) is 21.9 Å². The fourth-order valence-electron chi connectivity index (χ4n) is 0.675. The summed E-state index contributed by atoms with van der Waals surface area (Å²) >= 11 is 0. The van der Waals surface area contributed by atoms with Gasteiger partial charge in [0.05, 0.1) is 0 Å². The van der Waals surface area contributed by atoms with Crippen LogP contribution in [0.4, 0.5) is 0 Å². The lowest BCUT2D eigenvalue weighted by atomic mass is 9.99. The third kappa shape index (κ3) is 6.22. The molecule has 0 spiro atoms. The Kier molecular flexibility index (Phi) is 7.17. The van der Waals surface area contributed by atoms with Crippen molar-refractivity contribution in [2.75, 3.05) is 0 Å². The van der Waals surface area contributed by atoms with Crippen molar-refractivity contribution in [1.29, 1.82) is 0 Å². The van der Waals surface area contributed by atoms with E-state index in [1.54, 1.807) is 0 Å². The molecule has 0 aromatic carbocycles. The third-order valence-electron chi connectivity index (χ3n) is 3.87. The number of hydrogen-bond donors (Lipinski definition) is 0. The predicted octanol–water partition coefficient (Wildman–Crippen LogP) is 3.02. The van der Waals surface area contributed by atoms with Crippen LogP contribution in [0.3, 0.4) is 0 Å². The molecule has 0 heterocycles. The van der Waals surface area contributed by atoms with Gasteiger partial charge < -0.3 is 8.85 Å². The zero-order chi connectivity index (χ0) is 16.1. The summed E-state index contributed by atoms with van der Waals surface area (Å²) in [5.41, 5.74) is 0. The molecule has 4 radical (unpaired) electrons. The lowest BCUT2D eigenvalue weighted by Crippen LogP contribution is -2.32. The van der Waals surface area contributed by atoms with Crippen molar-refractivity contribution in [3.8, 4) is 0 Å². The standard InChI is InChI=1S/C14H26O4Si2/c1-9(2)13(5,6)19-17-11(15)12(16)18-20-14(7,8)10(3)4/h9-10H,1-8H3. The van der Waals surface area contributed by atoms with Gasteiger partial charge in [0.1, 0.15) is 0 Å². The fraction of sp³-hybridized carbons (Fsp3) is 0.857. The van der Waals surface area contributed by atoms with Gasteiger partial charge in [-0.1, -0.05) is 55.4 Å². The fourth-order valence-corrected chi connectivity index (χ4v) is 2.02. The van der Waals surface area contributed by atoms with Crippen molar-refractivity contribution in [2.24, 2.45) is 11.8 Å². The molecule has 0 rings (SSSR count). The van der Waals surface area contributed by atoms with Crippen molar-refractivity contribution < 1.29 is 18.4 Å². The molecule has 0 N–H and O–H groups in total. The van der Waals surface area contributed by atoms with E-state index in [1.807, 2.05) is 27.7 Å². The number of carbonyl (C=O) groups is 2. The molecule has 0 bridgehead atoms. The molecule has 0 aliphatic rings. The Morgan fingerprint density at radius 3 is 1.20 bits per heavy atom. The maximum absolute atomic E-state index is 11.6. The summed E-state index contributed by atoms with van der Waals surface area (Å²) < 4.78 is 10.1. The molecule has 0 amide bonds. The second-order valence-electron chi connectivity index (χ2n) is 6.74. The van der Waals surface area contributed by atoms with E-state index in [0.29, 0.717) is 11.8 Å². The molecular formula is C14H26O4Si2. The summed E-state index contributed by atoms with van der Waals surface area (Å²) in [4.78, 5) is 23.2. The second-order valence-corrected chi connectivity index (χ2v) is 10.1. The summed E-state index contributed by atoms with van der Waals surface area (Å²) in [6.07, 6.45) is 0. The topological polar surface area (TPSA) is 52.6 Å². The van der Waals surface area contributed by atoms with E-state index < -0.39 is 11.9 Å².